The van der Waals surface area contributed by atoms with Crippen molar-refractivity contribution in [2.24, 2.45) is 5.92 Å². The van der Waals surface area contributed by atoms with Gasteiger partial charge in [0.05, 0.1) is 10.2 Å². The van der Waals surface area contributed by atoms with E-state index in [2.05, 4.69) is 79.2 Å². The molecule has 1 saturated heterocycles. The van der Waals surface area contributed by atoms with Crippen molar-refractivity contribution in [1.29, 1.82) is 0 Å². The van der Waals surface area contributed by atoms with Gasteiger partial charge in [0.1, 0.15) is 0 Å². The molecule has 0 atom stereocenters. The molecule has 0 bridgehead atoms. The molecule has 2 aromatic heterocycles. The molecule has 7 heteroatoms. The monoisotopic (exact) mass is 376 g/mol. The lowest BCUT2D eigenvalue weighted by atomic mass is 9.92. The van der Waals surface area contributed by atoms with Gasteiger partial charge in [0.2, 0.25) is 5.95 Å². The predicted octanol–water partition coefficient (Wildman–Crippen LogP) is 2.87. The van der Waals surface area contributed by atoms with Crippen LogP contribution in [0.3, 0.4) is 0 Å². The molecular formula is C16H21BrN6. The van der Waals surface area contributed by atoms with Gasteiger partial charge in [-0.3, -0.25) is 0 Å². The molecule has 0 unspecified atom stereocenters. The van der Waals surface area contributed by atoms with Crippen LogP contribution >= 0.6 is 15.9 Å². The van der Waals surface area contributed by atoms with Crippen LogP contribution in [0.2, 0.25) is 0 Å². The van der Waals surface area contributed by atoms with Gasteiger partial charge in [-0.15, -0.1) is 5.10 Å². The van der Waals surface area contributed by atoms with E-state index >= 15 is 0 Å². The highest BCUT2D eigenvalue weighted by Crippen LogP contribution is 2.25. The van der Waals surface area contributed by atoms with Crippen molar-refractivity contribution in [3.05, 3.63) is 34.7 Å². The first-order valence-electron chi connectivity index (χ1n) is 7.72. The maximum Gasteiger partial charge on any atom is 0.222 e. The minimum Gasteiger partial charge on any atom is -0.354 e. The third kappa shape index (κ3) is 3.96. The summed E-state index contributed by atoms with van der Waals surface area (Å²) < 4.78 is 0.884. The topological polar surface area (TPSA) is 66.8 Å². The van der Waals surface area contributed by atoms with Crippen LogP contribution in [0.1, 0.15) is 26.5 Å². The average molecular weight is 377 g/mol. The minimum atomic E-state index is 0.0393. The summed E-state index contributed by atoms with van der Waals surface area (Å²) in [7, 11) is 0. The van der Waals surface area contributed by atoms with Crippen molar-refractivity contribution in [1.82, 2.24) is 20.2 Å². The number of rotatable bonds is 4. The predicted molar refractivity (Wildman–Crippen MR) is 94.7 cm³/mol. The molecule has 1 aliphatic rings. The summed E-state index contributed by atoms with van der Waals surface area (Å²) in [5.41, 5.74) is 1.06. The van der Waals surface area contributed by atoms with Gasteiger partial charge < -0.3 is 10.2 Å². The van der Waals surface area contributed by atoms with E-state index in [1.807, 2.05) is 0 Å². The molecule has 0 saturated carbocycles. The molecule has 3 heterocycles. The summed E-state index contributed by atoms with van der Waals surface area (Å²) in [6, 6.07) is 4.14. The molecule has 0 aromatic carbocycles. The van der Waals surface area contributed by atoms with Gasteiger partial charge in [0.15, 0.2) is 5.82 Å². The fraction of sp³-hybridized carbons (Fsp3) is 0.500. The molecular weight excluding hydrogens is 356 g/mol. The Balaban J connectivity index is 1.48. The summed E-state index contributed by atoms with van der Waals surface area (Å²) in [6.45, 7) is 9.26. The maximum absolute atomic E-state index is 4.36. The molecule has 122 valence electrons. The largest absolute Gasteiger partial charge is 0.354 e. The van der Waals surface area contributed by atoms with Gasteiger partial charge in [-0.1, -0.05) is 20.8 Å². The number of hydrogen-bond donors (Lipinski definition) is 1. The first-order valence-corrected chi connectivity index (χ1v) is 8.52. The van der Waals surface area contributed by atoms with E-state index in [9.17, 15) is 0 Å². The number of nitrogens with one attached hydrogen (secondary N) is 1. The second kappa shape index (κ2) is 6.39. The van der Waals surface area contributed by atoms with Crippen molar-refractivity contribution in [2.75, 3.05) is 29.9 Å². The summed E-state index contributed by atoms with van der Waals surface area (Å²) in [6.07, 6.45) is 3.49. The normalized spacial score (nSPS) is 15.4. The van der Waals surface area contributed by atoms with E-state index in [0.29, 0.717) is 11.9 Å². The SMILES string of the molecule is CC(C)(C)c1ccc(N2CC(CNc3ncc(Br)cn3)C2)nn1. The second-order valence-electron chi connectivity index (χ2n) is 6.90. The van der Waals surface area contributed by atoms with Crippen LogP contribution in [0, 0.1) is 5.92 Å². The molecule has 2 aromatic rings. The first kappa shape index (κ1) is 16.1. The van der Waals surface area contributed by atoms with Gasteiger partial charge in [-0.05, 0) is 28.1 Å². The van der Waals surface area contributed by atoms with Gasteiger partial charge >= 0.3 is 0 Å². The number of aromatic nitrogens is 4. The molecule has 0 aliphatic carbocycles. The number of anilines is 2. The van der Waals surface area contributed by atoms with Crippen molar-refractivity contribution in [3.63, 3.8) is 0 Å². The zero-order valence-corrected chi connectivity index (χ0v) is 15.2. The molecule has 0 radical (unpaired) electrons. The Morgan fingerprint density at radius 2 is 1.87 bits per heavy atom. The Bertz CT molecular complexity index is 644. The fourth-order valence-electron chi connectivity index (χ4n) is 2.42. The van der Waals surface area contributed by atoms with Crippen molar-refractivity contribution >= 4 is 27.7 Å². The summed E-state index contributed by atoms with van der Waals surface area (Å²) in [5, 5.41) is 12.0. The number of nitrogens with zero attached hydrogens (tertiary/aromatic N) is 5. The van der Waals surface area contributed by atoms with Gasteiger partial charge in [-0.2, -0.15) is 5.10 Å². The van der Waals surface area contributed by atoms with Gasteiger partial charge in [0, 0.05) is 43.4 Å². The number of hydrogen-bond acceptors (Lipinski definition) is 6. The van der Waals surface area contributed by atoms with Crippen LogP contribution in [-0.2, 0) is 5.41 Å². The van der Waals surface area contributed by atoms with E-state index in [1.165, 1.54) is 0 Å². The Morgan fingerprint density at radius 3 is 2.43 bits per heavy atom. The van der Waals surface area contributed by atoms with E-state index in [4.69, 9.17) is 0 Å². The summed E-state index contributed by atoms with van der Waals surface area (Å²) in [4.78, 5) is 10.7. The van der Waals surface area contributed by atoms with Gasteiger partial charge in [-0.25, -0.2) is 9.97 Å². The van der Waals surface area contributed by atoms with Crippen molar-refractivity contribution < 1.29 is 0 Å². The highest BCUT2D eigenvalue weighted by molar-refractivity contribution is 9.10. The molecule has 23 heavy (non-hydrogen) atoms. The third-order valence-corrected chi connectivity index (χ3v) is 4.28. The Morgan fingerprint density at radius 1 is 1.17 bits per heavy atom. The Labute approximate surface area is 144 Å². The smallest absolute Gasteiger partial charge is 0.222 e. The number of halogens is 1. The molecule has 0 amide bonds. The molecule has 1 fully saturated rings. The standard InChI is InChI=1S/C16H21BrN6/c1-16(2,3)13-4-5-14(22-21-13)23-9-11(10-23)6-18-15-19-7-12(17)8-20-15/h4-5,7-8,11H,6,9-10H2,1-3H3,(H,18,19,20). The Hall–Kier alpha value is -1.76. The molecule has 3 rings (SSSR count). The lowest BCUT2D eigenvalue weighted by Crippen LogP contribution is -2.50. The highest BCUT2D eigenvalue weighted by atomic mass is 79.9. The molecule has 6 nitrogen and oxygen atoms in total. The van der Waals surface area contributed by atoms with Crippen LogP contribution in [-0.4, -0.2) is 39.8 Å². The van der Waals surface area contributed by atoms with Crippen LogP contribution in [0.25, 0.3) is 0 Å². The van der Waals surface area contributed by atoms with Crippen molar-refractivity contribution in [3.8, 4) is 0 Å². The van der Waals surface area contributed by atoms with Crippen LogP contribution in [0.5, 0.6) is 0 Å². The van der Waals surface area contributed by atoms with E-state index in [1.54, 1.807) is 12.4 Å². The van der Waals surface area contributed by atoms with Gasteiger partial charge in [0.25, 0.3) is 0 Å². The lowest BCUT2D eigenvalue weighted by molar-refractivity contribution is 0.423. The lowest BCUT2D eigenvalue weighted by Gasteiger charge is -2.40. The van der Waals surface area contributed by atoms with Crippen LogP contribution in [0.4, 0.5) is 11.8 Å². The van der Waals surface area contributed by atoms with Crippen LogP contribution < -0.4 is 10.2 Å². The first-order chi connectivity index (χ1) is 10.9. The van der Waals surface area contributed by atoms with E-state index in [0.717, 1.165) is 35.6 Å². The van der Waals surface area contributed by atoms with Crippen LogP contribution in [0.15, 0.2) is 29.0 Å². The molecule has 1 N–H and O–H groups in total. The third-order valence-electron chi connectivity index (χ3n) is 3.87. The highest BCUT2D eigenvalue weighted by Gasteiger charge is 2.28. The molecule has 0 spiro atoms. The summed E-state index contributed by atoms with van der Waals surface area (Å²) >= 11 is 3.33. The fourth-order valence-corrected chi connectivity index (χ4v) is 2.62. The average Bonchev–Trinajstić information content (AvgIpc) is 2.47. The van der Waals surface area contributed by atoms with E-state index < -0.39 is 0 Å². The minimum absolute atomic E-state index is 0.0393. The summed E-state index contributed by atoms with van der Waals surface area (Å²) in [5.74, 6) is 2.20. The van der Waals surface area contributed by atoms with E-state index in [-0.39, 0.29) is 5.41 Å². The second-order valence-corrected chi connectivity index (χ2v) is 7.82. The Kier molecular flexibility index (Phi) is 4.48. The quantitative estimate of drug-likeness (QED) is 0.884. The molecule has 1 aliphatic heterocycles. The zero-order chi connectivity index (χ0) is 16.4. The maximum atomic E-state index is 4.36. The van der Waals surface area contributed by atoms with Crippen molar-refractivity contribution in [2.45, 2.75) is 26.2 Å². The zero-order valence-electron chi connectivity index (χ0n) is 13.6.